The molecule has 0 spiro atoms. The molecular weight excluding hydrogens is 196 g/mol. The minimum Gasteiger partial charge on any atom is -0.480 e. The Bertz CT molecular complexity index is 372. The highest BCUT2D eigenvalue weighted by molar-refractivity contribution is 7.81. The van der Waals surface area contributed by atoms with Crippen molar-refractivity contribution in [1.29, 1.82) is 0 Å². The van der Waals surface area contributed by atoms with E-state index in [1.165, 1.54) is 5.56 Å². The number of carboxylic acid groups (broad SMARTS) is 1. The molecule has 1 atom stereocenters. The highest BCUT2D eigenvalue weighted by Crippen LogP contribution is 2.26. The number of benzene rings is 1. The summed E-state index contributed by atoms with van der Waals surface area (Å²) < 4.78 is 0. The van der Waals surface area contributed by atoms with E-state index in [4.69, 9.17) is 5.11 Å². The molecule has 0 saturated heterocycles. The summed E-state index contributed by atoms with van der Waals surface area (Å²) in [5.74, 6) is -0.903. The minimum atomic E-state index is -0.903. The number of aliphatic carboxylic acids is 1. The van der Waals surface area contributed by atoms with Gasteiger partial charge < -0.3 is 5.11 Å². The Hall–Kier alpha value is -0.960. The van der Waals surface area contributed by atoms with Gasteiger partial charge in [0.2, 0.25) is 0 Å². The van der Waals surface area contributed by atoms with E-state index in [1.54, 1.807) is 0 Å². The fraction of sp³-hybridized carbons (Fsp3) is 0.364. The molecule has 0 saturated carbocycles. The van der Waals surface area contributed by atoms with E-state index >= 15 is 0 Å². The van der Waals surface area contributed by atoms with Gasteiger partial charge in [-0.1, -0.05) is 12.1 Å². The van der Waals surface area contributed by atoms with Gasteiger partial charge in [0, 0.05) is 0 Å². The van der Waals surface area contributed by atoms with Crippen molar-refractivity contribution in [3.05, 3.63) is 34.4 Å². The summed E-state index contributed by atoms with van der Waals surface area (Å²) in [6.45, 7) is 5.90. The molecule has 0 aliphatic heterocycles. The van der Waals surface area contributed by atoms with Crippen LogP contribution in [0.15, 0.2) is 12.1 Å². The average Bonchev–Trinajstić information content (AvgIpc) is 2.10. The minimum absolute atomic E-state index is 0.728. The Kier molecular flexibility index (Phi) is 3.21. The molecule has 1 aromatic carbocycles. The van der Waals surface area contributed by atoms with Crippen molar-refractivity contribution in [3.8, 4) is 0 Å². The first kappa shape index (κ1) is 11.1. The smallest absolute Gasteiger partial charge is 0.320 e. The van der Waals surface area contributed by atoms with Crippen molar-refractivity contribution < 1.29 is 9.90 Å². The normalized spacial score (nSPS) is 12.6. The van der Waals surface area contributed by atoms with E-state index < -0.39 is 11.2 Å². The lowest BCUT2D eigenvalue weighted by molar-refractivity contribution is -0.136. The maximum Gasteiger partial charge on any atom is 0.320 e. The summed E-state index contributed by atoms with van der Waals surface area (Å²) in [5, 5.41) is 8.12. The van der Waals surface area contributed by atoms with Crippen LogP contribution in [0, 0.1) is 20.8 Å². The second-order valence-corrected chi connectivity index (χ2v) is 4.05. The average molecular weight is 210 g/mol. The van der Waals surface area contributed by atoms with Gasteiger partial charge in [-0.15, -0.1) is 0 Å². The topological polar surface area (TPSA) is 37.3 Å². The lowest BCUT2D eigenvalue weighted by atomic mass is 9.98. The largest absolute Gasteiger partial charge is 0.480 e. The summed E-state index contributed by atoms with van der Waals surface area (Å²) in [6, 6.07) is 3.90. The van der Waals surface area contributed by atoms with Crippen molar-refractivity contribution in [2.24, 2.45) is 0 Å². The molecule has 0 fully saturated rings. The fourth-order valence-electron chi connectivity index (χ4n) is 1.41. The zero-order valence-corrected chi connectivity index (χ0v) is 9.43. The summed E-state index contributed by atoms with van der Waals surface area (Å²) in [7, 11) is 0. The first-order valence-corrected chi connectivity index (χ1v) is 4.93. The van der Waals surface area contributed by atoms with Gasteiger partial charge in [-0.25, -0.2) is 0 Å². The van der Waals surface area contributed by atoms with Gasteiger partial charge in [-0.05, 0) is 43.0 Å². The number of carbonyl (C=O) groups is 1. The van der Waals surface area contributed by atoms with Crippen LogP contribution in [0.3, 0.4) is 0 Å². The van der Waals surface area contributed by atoms with Crippen molar-refractivity contribution in [1.82, 2.24) is 0 Å². The number of rotatable bonds is 2. The zero-order valence-electron chi connectivity index (χ0n) is 8.53. The standard InChI is InChI=1S/C11H14O2S/c1-6-4-8(3)9(5-7(6)2)10(14)11(12)13/h4-5,10,14H,1-3H3,(H,12,13). The zero-order chi connectivity index (χ0) is 10.9. The van der Waals surface area contributed by atoms with Gasteiger partial charge in [0.15, 0.2) is 0 Å². The second kappa shape index (κ2) is 4.05. The van der Waals surface area contributed by atoms with Crippen LogP contribution >= 0.6 is 12.6 Å². The summed E-state index contributed by atoms with van der Waals surface area (Å²) in [5.41, 5.74) is 4.04. The molecule has 0 radical (unpaired) electrons. The first-order valence-electron chi connectivity index (χ1n) is 4.42. The molecule has 1 aromatic rings. The Morgan fingerprint density at radius 1 is 1.21 bits per heavy atom. The van der Waals surface area contributed by atoms with E-state index in [0.717, 1.165) is 16.7 Å². The predicted octanol–water partition coefficient (Wildman–Crippen LogP) is 2.67. The van der Waals surface area contributed by atoms with Gasteiger partial charge in [0.1, 0.15) is 5.25 Å². The van der Waals surface area contributed by atoms with Gasteiger partial charge in [-0.2, -0.15) is 12.6 Å². The molecule has 0 heterocycles. The first-order chi connectivity index (χ1) is 6.43. The molecule has 0 aliphatic carbocycles. The predicted molar refractivity (Wildman–Crippen MR) is 60.0 cm³/mol. The molecule has 1 rings (SSSR count). The quantitative estimate of drug-likeness (QED) is 0.736. The molecule has 0 bridgehead atoms. The maximum absolute atomic E-state index is 10.8. The van der Waals surface area contributed by atoms with E-state index in [0.29, 0.717) is 0 Å². The number of hydrogen-bond donors (Lipinski definition) is 2. The van der Waals surface area contributed by atoms with E-state index in [1.807, 2.05) is 32.9 Å². The van der Waals surface area contributed by atoms with Crippen molar-refractivity contribution in [2.45, 2.75) is 26.0 Å². The van der Waals surface area contributed by atoms with Crippen LogP contribution in [0.1, 0.15) is 27.5 Å². The van der Waals surface area contributed by atoms with Crippen LogP contribution in [-0.2, 0) is 4.79 Å². The van der Waals surface area contributed by atoms with Crippen LogP contribution in [-0.4, -0.2) is 11.1 Å². The molecule has 2 nitrogen and oxygen atoms in total. The van der Waals surface area contributed by atoms with Crippen LogP contribution in [0.4, 0.5) is 0 Å². The molecule has 0 amide bonds. The maximum atomic E-state index is 10.8. The van der Waals surface area contributed by atoms with Crippen molar-refractivity contribution in [3.63, 3.8) is 0 Å². The number of thiol groups is 1. The lowest BCUT2D eigenvalue weighted by Gasteiger charge is -2.12. The van der Waals surface area contributed by atoms with Crippen molar-refractivity contribution in [2.75, 3.05) is 0 Å². The van der Waals surface area contributed by atoms with Crippen LogP contribution in [0.5, 0.6) is 0 Å². The van der Waals surface area contributed by atoms with Gasteiger partial charge >= 0.3 is 5.97 Å². The lowest BCUT2D eigenvalue weighted by Crippen LogP contribution is -2.07. The molecule has 14 heavy (non-hydrogen) atoms. The van der Waals surface area contributed by atoms with Crippen LogP contribution in [0.25, 0.3) is 0 Å². The molecule has 76 valence electrons. The summed E-state index contributed by atoms with van der Waals surface area (Å²) >= 11 is 4.07. The Balaban J connectivity index is 3.22. The summed E-state index contributed by atoms with van der Waals surface area (Å²) in [4.78, 5) is 10.8. The van der Waals surface area contributed by atoms with Crippen molar-refractivity contribution >= 4 is 18.6 Å². The highest BCUT2D eigenvalue weighted by Gasteiger charge is 2.17. The molecule has 1 N–H and O–H groups in total. The SMILES string of the molecule is Cc1cc(C)c(C(S)C(=O)O)cc1C. The molecular formula is C11H14O2S. The van der Waals surface area contributed by atoms with Crippen LogP contribution < -0.4 is 0 Å². The van der Waals surface area contributed by atoms with Gasteiger partial charge in [-0.3, -0.25) is 4.79 Å². The highest BCUT2D eigenvalue weighted by atomic mass is 32.1. The monoisotopic (exact) mass is 210 g/mol. The third-order valence-corrected chi connectivity index (χ3v) is 2.91. The number of aryl methyl sites for hydroxylation is 3. The molecule has 0 aromatic heterocycles. The summed E-state index contributed by atoms with van der Waals surface area (Å²) in [6.07, 6.45) is 0. The molecule has 1 unspecified atom stereocenters. The Morgan fingerprint density at radius 2 is 1.71 bits per heavy atom. The molecule has 3 heteroatoms. The number of carboxylic acids is 1. The van der Waals surface area contributed by atoms with E-state index in [9.17, 15) is 4.79 Å². The third-order valence-electron chi connectivity index (χ3n) is 2.41. The number of hydrogen-bond acceptors (Lipinski definition) is 2. The fourth-order valence-corrected chi connectivity index (χ4v) is 1.69. The van der Waals surface area contributed by atoms with E-state index in [-0.39, 0.29) is 0 Å². The Morgan fingerprint density at radius 3 is 2.21 bits per heavy atom. The van der Waals surface area contributed by atoms with Gasteiger partial charge in [0.05, 0.1) is 0 Å². The molecule has 0 aliphatic rings. The van der Waals surface area contributed by atoms with E-state index in [2.05, 4.69) is 12.6 Å². The second-order valence-electron chi connectivity index (χ2n) is 3.53. The Labute approximate surface area is 89.4 Å². The van der Waals surface area contributed by atoms with Gasteiger partial charge in [0.25, 0.3) is 0 Å². The van der Waals surface area contributed by atoms with Crippen LogP contribution in [0.2, 0.25) is 0 Å². The third kappa shape index (κ3) is 2.10.